The van der Waals surface area contributed by atoms with Gasteiger partial charge in [0.2, 0.25) is 11.8 Å². The molecule has 134 valence electrons. The van der Waals surface area contributed by atoms with E-state index >= 15 is 0 Å². The van der Waals surface area contributed by atoms with E-state index in [9.17, 15) is 22.8 Å². The molecule has 0 aliphatic carbocycles. The molecule has 1 aliphatic rings. The summed E-state index contributed by atoms with van der Waals surface area (Å²) in [6.45, 7) is 3.77. The van der Waals surface area contributed by atoms with Gasteiger partial charge in [-0.2, -0.15) is 13.2 Å². The third-order valence-corrected chi connectivity index (χ3v) is 4.52. The monoisotopic (exact) mass is 391 g/mol. The number of hydrogen-bond donors (Lipinski definition) is 2. The van der Waals surface area contributed by atoms with Gasteiger partial charge < -0.3 is 10.6 Å². The highest BCUT2D eigenvalue weighted by molar-refractivity contribution is 8.15. The predicted octanol–water partition coefficient (Wildman–Crippen LogP) is 3.46. The third-order valence-electron chi connectivity index (χ3n) is 3.07. The zero-order valence-electron chi connectivity index (χ0n) is 12.7. The SMILES string of the molecule is C=CCN=C1NC(=O)CC(C(=O)Nc2ccc(Cl)c(C(F)(F)F)c2)S1. The minimum absolute atomic E-state index is 0.0575. The number of nitrogens with one attached hydrogen (secondary N) is 2. The average molecular weight is 392 g/mol. The number of nitrogens with zero attached hydrogens (tertiary/aromatic N) is 1. The number of carbonyl (C=O) groups is 2. The number of carbonyl (C=O) groups excluding carboxylic acids is 2. The summed E-state index contributed by atoms with van der Waals surface area (Å²) in [5, 5.41) is 3.89. The van der Waals surface area contributed by atoms with Crippen LogP contribution in [0.4, 0.5) is 18.9 Å². The quantitative estimate of drug-likeness (QED) is 0.772. The fraction of sp³-hybridized carbons (Fsp3) is 0.267. The summed E-state index contributed by atoms with van der Waals surface area (Å²) >= 11 is 6.56. The maximum atomic E-state index is 12.9. The number of alkyl halides is 3. The van der Waals surface area contributed by atoms with E-state index in [1.807, 2.05) is 0 Å². The van der Waals surface area contributed by atoms with Gasteiger partial charge in [-0.05, 0) is 18.2 Å². The summed E-state index contributed by atoms with van der Waals surface area (Å²) in [4.78, 5) is 28.0. The zero-order chi connectivity index (χ0) is 18.6. The Hall–Kier alpha value is -2.00. The van der Waals surface area contributed by atoms with Gasteiger partial charge in [0.25, 0.3) is 0 Å². The van der Waals surface area contributed by atoms with Crippen LogP contribution in [0, 0.1) is 0 Å². The van der Waals surface area contributed by atoms with Crippen LogP contribution in [0.1, 0.15) is 12.0 Å². The predicted molar refractivity (Wildman–Crippen MR) is 91.7 cm³/mol. The van der Waals surface area contributed by atoms with Crippen LogP contribution in [-0.4, -0.2) is 28.8 Å². The summed E-state index contributed by atoms with van der Waals surface area (Å²) in [7, 11) is 0. The first kappa shape index (κ1) is 19.3. The maximum absolute atomic E-state index is 12.9. The Kier molecular flexibility index (Phi) is 6.12. The van der Waals surface area contributed by atoms with E-state index < -0.39 is 33.8 Å². The highest BCUT2D eigenvalue weighted by Gasteiger charge is 2.34. The fourth-order valence-corrected chi connectivity index (χ4v) is 3.17. The molecule has 2 N–H and O–H groups in total. The summed E-state index contributed by atoms with van der Waals surface area (Å²) in [5.41, 5.74) is -1.10. The Bertz CT molecular complexity index is 737. The minimum Gasteiger partial charge on any atom is -0.325 e. The van der Waals surface area contributed by atoms with Crippen molar-refractivity contribution in [3.63, 3.8) is 0 Å². The molecule has 2 rings (SSSR count). The summed E-state index contributed by atoms with van der Waals surface area (Å²) < 4.78 is 38.6. The van der Waals surface area contributed by atoms with Crippen molar-refractivity contribution in [1.82, 2.24) is 5.32 Å². The lowest BCUT2D eigenvalue weighted by atomic mass is 10.2. The average Bonchev–Trinajstić information content (AvgIpc) is 2.53. The zero-order valence-corrected chi connectivity index (χ0v) is 14.3. The molecule has 0 bridgehead atoms. The number of thioether (sulfide) groups is 1. The van der Waals surface area contributed by atoms with Crippen LogP contribution >= 0.6 is 23.4 Å². The molecule has 0 saturated carbocycles. The smallest absolute Gasteiger partial charge is 0.325 e. The van der Waals surface area contributed by atoms with E-state index in [1.54, 1.807) is 0 Å². The lowest BCUT2D eigenvalue weighted by Crippen LogP contribution is -2.42. The van der Waals surface area contributed by atoms with E-state index in [2.05, 4.69) is 22.2 Å². The first-order valence-corrected chi connectivity index (χ1v) is 8.26. The summed E-state index contributed by atoms with van der Waals surface area (Å²) in [6.07, 6.45) is -3.22. The van der Waals surface area contributed by atoms with Crippen molar-refractivity contribution < 1.29 is 22.8 Å². The molecular formula is C15H13ClF3N3O2S. The normalized spacial score (nSPS) is 19.4. The Morgan fingerprint density at radius 3 is 2.88 bits per heavy atom. The van der Waals surface area contributed by atoms with Gasteiger partial charge in [-0.1, -0.05) is 29.4 Å². The van der Waals surface area contributed by atoms with Gasteiger partial charge in [0.05, 0.1) is 17.1 Å². The number of amides is 2. The lowest BCUT2D eigenvalue weighted by molar-refractivity contribution is -0.137. The molecule has 1 aliphatic heterocycles. The number of anilines is 1. The highest BCUT2D eigenvalue weighted by atomic mass is 35.5. The van der Waals surface area contributed by atoms with Crippen molar-refractivity contribution in [2.45, 2.75) is 17.8 Å². The van der Waals surface area contributed by atoms with E-state index in [0.717, 1.165) is 23.9 Å². The maximum Gasteiger partial charge on any atom is 0.417 e. The Morgan fingerprint density at radius 1 is 1.52 bits per heavy atom. The lowest BCUT2D eigenvalue weighted by Gasteiger charge is -2.22. The van der Waals surface area contributed by atoms with Crippen LogP contribution in [0.3, 0.4) is 0 Å². The Morgan fingerprint density at radius 2 is 2.24 bits per heavy atom. The molecule has 10 heteroatoms. The second-order valence-corrected chi connectivity index (χ2v) is 6.57. The Labute approximate surface area is 150 Å². The number of halogens is 4. The second-order valence-electron chi connectivity index (χ2n) is 4.97. The van der Waals surface area contributed by atoms with Gasteiger partial charge in [-0.25, -0.2) is 0 Å². The molecule has 1 atom stereocenters. The second kappa shape index (κ2) is 7.92. The van der Waals surface area contributed by atoms with Crippen LogP contribution < -0.4 is 10.6 Å². The third kappa shape index (κ3) is 5.23. The highest BCUT2D eigenvalue weighted by Crippen LogP contribution is 2.36. The van der Waals surface area contributed by atoms with Gasteiger partial charge in [-0.3, -0.25) is 14.6 Å². The summed E-state index contributed by atoms with van der Waals surface area (Å²) in [6, 6.07) is 3.06. The number of aliphatic imine (C=N–C) groups is 1. The van der Waals surface area contributed by atoms with Crippen LogP contribution in [0.25, 0.3) is 0 Å². The van der Waals surface area contributed by atoms with E-state index in [1.165, 1.54) is 12.1 Å². The molecule has 1 aromatic rings. The van der Waals surface area contributed by atoms with Gasteiger partial charge in [-0.15, -0.1) is 6.58 Å². The first-order chi connectivity index (χ1) is 11.7. The molecule has 0 radical (unpaired) electrons. The number of rotatable bonds is 4. The van der Waals surface area contributed by atoms with Crippen molar-refractivity contribution in [3.8, 4) is 0 Å². The van der Waals surface area contributed by atoms with Gasteiger partial charge >= 0.3 is 6.18 Å². The minimum atomic E-state index is -4.64. The van der Waals surface area contributed by atoms with Crippen LogP contribution in [0.2, 0.25) is 5.02 Å². The topological polar surface area (TPSA) is 70.6 Å². The van der Waals surface area contributed by atoms with Crippen LogP contribution in [0.5, 0.6) is 0 Å². The van der Waals surface area contributed by atoms with Gasteiger partial charge in [0.1, 0.15) is 5.25 Å². The van der Waals surface area contributed by atoms with Crippen LogP contribution in [-0.2, 0) is 15.8 Å². The van der Waals surface area contributed by atoms with E-state index in [4.69, 9.17) is 11.6 Å². The fourth-order valence-electron chi connectivity index (χ4n) is 1.96. The van der Waals surface area contributed by atoms with Gasteiger partial charge in [0, 0.05) is 12.1 Å². The van der Waals surface area contributed by atoms with Crippen LogP contribution in [0.15, 0.2) is 35.8 Å². The summed E-state index contributed by atoms with van der Waals surface area (Å²) in [5.74, 6) is -0.990. The molecule has 0 aromatic heterocycles. The molecule has 1 aromatic carbocycles. The molecule has 5 nitrogen and oxygen atoms in total. The molecular weight excluding hydrogens is 379 g/mol. The van der Waals surface area contributed by atoms with E-state index in [0.29, 0.717) is 0 Å². The number of benzene rings is 1. The van der Waals surface area contributed by atoms with Gasteiger partial charge in [0.15, 0.2) is 5.17 Å². The van der Waals surface area contributed by atoms with Crippen molar-refractivity contribution in [1.29, 1.82) is 0 Å². The van der Waals surface area contributed by atoms with Crippen molar-refractivity contribution >= 4 is 46.0 Å². The first-order valence-electron chi connectivity index (χ1n) is 7.00. The van der Waals surface area contributed by atoms with E-state index in [-0.39, 0.29) is 23.8 Å². The van der Waals surface area contributed by atoms with Crippen molar-refractivity contribution in [3.05, 3.63) is 41.4 Å². The molecule has 1 fully saturated rings. The molecule has 2 amide bonds. The van der Waals surface area contributed by atoms with Crippen molar-refractivity contribution in [2.75, 3.05) is 11.9 Å². The Balaban J connectivity index is 2.14. The molecule has 1 heterocycles. The number of hydrogen-bond acceptors (Lipinski definition) is 4. The standard InChI is InChI=1S/C15H13ClF3N3O2S/c1-2-5-20-14-22-12(23)7-11(25-14)13(24)21-8-3-4-10(16)9(6-8)15(17,18)19/h2-4,6,11H,1,5,7H2,(H,21,24)(H,20,22,23). The largest absolute Gasteiger partial charge is 0.417 e. The van der Waals surface area contributed by atoms with Crippen molar-refractivity contribution in [2.24, 2.45) is 4.99 Å². The number of amidine groups is 1. The molecule has 1 unspecified atom stereocenters. The molecule has 25 heavy (non-hydrogen) atoms. The molecule has 0 spiro atoms. The molecule has 1 saturated heterocycles.